The summed E-state index contributed by atoms with van der Waals surface area (Å²) in [7, 11) is 0. The van der Waals surface area contributed by atoms with E-state index in [9.17, 15) is 4.79 Å². The molecule has 0 saturated heterocycles. The predicted octanol–water partition coefficient (Wildman–Crippen LogP) is 2.21. The zero-order valence-corrected chi connectivity index (χ0v) is 10.0. The highest BCUT2D eigenvalue weighted by Crippen LogP contribution is 2.27. The lowest BCUT2D eigenvalue weighted by Gasteiger charge is -2.08. The van der Waals surface area contributed by atoms with E-state index in [2.05, 4.69) is 4.98 Å². The molecule has 4 N–H and O–H groups in total. The molecule has 2 aromatic rings. The molecule has 0 aliphatic rings. The molecule has 5 nitrogen and oxygen atoms in total. The van der Waals surface area contributed by atoms with Crippen LogP contribution in [0.3, 0.4) is 0 Å². The molecule has 0 fully saturated rings. The monoisotopic (exact) mass is 263 g/mol. The van der Waals surface area contributed by atoms with Gasteiger partial charge in [0.1, 0.15) is 10.9 Å². The summed E-state index contributed by atoms with van der Waals surface area (Å²) in [5, 5.41) is 0.269. The normalized spacial score (nSPS) is 10.1. The Kier molecular flexibility index (Phi) is 3.34. The minimum Gasteiger partial charge on any atom is -0.437 e. The molecule has 0 bridgehead atoms. The van der Waals surface area contributed by atoms with Gasteiger partial charge in [-0.05, 0) is 30.3 Å². The van der Waals surface area contributed by atoms with Gasteiger partial charge in [0.2, 0.25) is 11.8 Å². The van der Waals surface area contributed by atoms with Gasteiger partial charge < -0.3 is 16.2 Å². The van der Waals surface area contributed by atoms with Crippen molar-refractivity contribution in [3.63, 3.8) is 0 Å². The van der Waals surface area contributed by atoms with Gasteiger partial charge in [-0.3, -0.25) is 4.79 Å². The van der Waals surface area contributed by atoms with E-state index in [1.807, 2.05) is 0 Å². The summed E-state index contributed by atoms with van der Waals surface area (Å²) in [6, 6.07) is 9.55. The maximum atomic E-state index is 11.0. The fraction of sp³-hybridized carbons (Fsp3) is 0. The Balaban J connectivity index is 2.31. The van der Waals surface area contributed by atoms with E-state index in [0.29, 0.717) is 17.0 Å². The second-order valence-corrected chi connectivity index (χ2v) is 3.91. The maximum absolute atomic E-state index is 11.0. The first kappa shape index (κ1) is 12.2. The van der Waals surface area contributed by atoms with Crippen molar-refractivity contribution in [2.75, 3.05) is 5.73 Å². The van der Waals surface area contributed by atoms with E-state index >= 15 is 0 Å². The molecule has 0 unspecified atom stereocenters. The molecule has 1 aromatic carbocycles. The standard InChI is InChI=1S/C12H10ClN3O2/c13-10-5-4-9(14)12(16-10)18-8-3-1-2-7(6-8)11(15)17/h1-6H,14H2,(H2,15,17). The van der Waals surface area contributed by atoms with Crippen molar-refractivity contribution in [3.8, 4) is 11.6 Å². The molecule has 1 amide bonds. The number of ether oxygens (including phenoxy) is 1. The number of aromatic nitrogens is 1. The lowest BCUT2D eigenvalue weighted by Crippen LogP contribution is -2.10. The van der Waals surface area contributed by atoms with Crippen LogP contribution in [0.15, 0.2) is 36.4 Å². The van der Waals surface area contributed by atoms with Crippen molar-refractivity contribution < 1.29 is 9.53 Å². The second kappa shape index (κ2) is 4.93. The summed E-state index contributed by atoms with van der Waals surface area (Å²) in [6.45, 7) is 0. The molecular formula is C12H10ClN3O2. The molecule has 0 radical (unpaired) electrons. The average Bonchev–Trinajstić information content (AvgIpc) is 2.34. The molecular weight excluding hydrogens is 254 g/mol. The molecule has 0 aliphatic carbocycles. The molecule has 1 heterocycles. The third kappa shape index (κ3) is 2.70. The van der Waals surface area contributed by atoms with Crippen LogP contribution in [0.1, 0.15) is 10.4 Å². The second-order valence-electron chi connectivity index (χ2n) is 3.52. The van der Waals surface area contributed by atoms with E-state index in [-0.39, 0.29) is 11.0 Å². The average molecular weight is 264 g/mol. The number of nitrogen functional groups attached to an aromatic ring is 1. The minimum atomic E-state index is -0.535. The Bertz CT molecular complexity index is 602. The van der Waals surface area contributed by atoms with Crippen molar-refractivity contribution in [1.82, 2.24) is 4.98 Å². The Morgan fingerprint density at radius 1 is 1.28 bits per heavy atom. The highest BCUT2D eigenvalue weighted by Gasteiger charge is 2.07. The van der Waals surface area contributed by atoms with E-state index in [1.165, 1.54) is 6.07 Å². The van der Waals surface area contributed by atoms with Crippen LogP contribution in [0.5, 0.6) is 11.6 Å². The Labute approximate surface area is 108 Å². The zero-order chi connectivity index (χ0) is 13.1. The lowest BCUT2D eigenvalue weighted by atomic mass is 10.2. The van der Waals surface area contributed by atoms with E-state index in [1.54, 1.807) is 30.3 Å². The third-order valence-corrected chi connectivity index (χ3v) is 2.40. The number of benzene rings is 1. The summed E-state index contributed by atoms with van der Waals surface area (Å²) in [5.74, 6) is 0.0596. The van der Waals surface area contributed by atoms with Crippen LogP contribution in [0, 0.1) is 0 Å². The summed E-state index contributed by atoms with van der Waals surface area (Å²) in [6.07, 6.45) is 0. The number of primary amides is 1. The van der Waals surface area contributed by atoms with Gasteiger partial charge >= 0.3 is 0 Å². The zero-order valence-electron chi connectivity index (χ0n) is 9.26. The van der Waals surface area contributed by atoms with Crippen molar-refractivity contribution in [2.24, 2.45) is 5.73 Å². The number of hydrogen-bond acceptors (Lipinski definition) is 4. The highest BCUT2D eigenvalue weighted by molar-refractivity contribution is 6.29. The molecule has 92 valence electrons. The van der Waals surface area contributed by atoms with Gasteiger partial charge in [-0.25, -0.2) is 0 Å². The van der Waals surface area contributed by atoms with Gasteiger partial charge in [-0.1, -0.05) is 17.7 Å². The largest absolute Gasteiger partial charge is 0.437 e. The summed E-state index contributed by atoms with van der Waals surface area (Å²) >= 11 is 5.74. The number of nitrogens with two attached hydrogens (primary N) is 2. The number of carbonyl (C=O) groups excluding carboxylic acids is 1. The fourth-order valence-corrected chi connectivity index (χ4v) is 1.47. The number of pyridine rings is 1. The molecule has 1 aromatic heterocycles. The SMILES string of the molecule is NC(=O)c1cccc(Oc2nc(Cl)ccc2N)c1. The first-order chi connectivity index (χ1) is 8.56. The Morgan fingerprint density at radius 2 is 2.06 bits per heavy atom. The van der Waals surface area contributed by atoms with Crippen LogP contribution in [-0.2, 0) is 0 Å². The first-order valence-electron chi connectivity index (χ1n) is 5.06. The third-order valence-electron chi connectivity index (χ3n) is 2.19. The van der Waals surface area contributed by atoms with Crippen LogP contribution in [0.4, 0.5) is 5.69 Å². The topological polar surface area (TPSA) is 91.2 Å². The quantitative estimate of drug-likeness (QED) is 0.831. The number of halogens is 1. The molecule has 0 aliphatic heterocycles. The fourth-order valence-electron chi connectivity index (χ4n) is 1.33. The van der Waals surface area contributed by atoms with E-state index in [4.69, 9.17) is 27.8 Å². The lowest BCUT2D eigenvalue weighted by molar-refractivity contribution is 0.1000. The number of nitrogens with zero attached hydrogens (tertiary/aromatic N) is 1. The minimum absolute atomic E-state index is 0.184. The van der Waals surface area contributed by atoms with Crippen molar-refractivity contribution in [2.45, 2.75) is 0 Å². The smallest absolute Gasteiger partial charge is 0.248 e. The van der Waals surface area contributed by atoms with E-state index < -0.39 is 5.91 Å². The Hall–Kier alpha value is -2.27. The van der Waals surface area contributed by atoms with E-state index in [0.717, 1.165) is 0 Å². The van der Waals surface area contributed by atoms with Gasteiger partial charge in [0.25, 0.3) is 0 Å². The van der Waals surface area contributed by atoms with Crippen LogP contribution in [-0.4, -0.2) is 10.9 Å². The molecule has 0 spiro atoms. The van der Waals surface area contributed by atoms with Crippen LogP contribution in [0.2, 0.25) is 5.15 Å². The van der Waals surface area contributed by atoms with Gasteiger partial charge in [0.05, 0.1) is 5.69 Å². The van der Waals surface area contributed by atoms with Crippen LogP contribution in [0.25, 0.3) is 0 Å². The molecule has 0 saturated carbocycles. The highest BCUT2D eigenvalue weighted by atomic mass is 35.5. The van der Waals surface area contributed by atoms with Crippen molar-refractivity contribution in [1.29, 1.82) is 0 Å². The molecule has 0 atom stereocenters. The Morgan fingerprint density at radius 3 is 2.78 bits per heavy atom. The van der Waals surface area contributed by atoms with Gasteiger partial charge in [-0.2, -0.15) is 4.98 Å². The first-order valence-corrected chi connectivity index (χ1v) is 5.44. The van der Waals surface area contributed by atoms with Gasteiger partial charge in [-0.15, -0.1) is 0 Å². The summed E-state index contributed by atoms with van der Waals surface area (Å²) in [4.78, 5) is 15.0. The molecule has 18 heavy (non-hydrogen) atoms. The number of rotatable bonds is 3. The molecule has 2 rings (SSSR count). The van der Waals surface area contributed by atoms with Crippen LogP contribution >= 0.6 is 11.6 Å². The van der Waals surface area contributed by atoms with Crippen LogP contribution < -0.4 is 16.2 Å². The number of carbonyl (C=O) groups is 1. The summed E-state index contributed by atoms with van der Waals surface area (Å²) < 4.78 is 5.45. The van der Waals surface area contributed by atoms with Gasteiger partial charge in [0, 0.05) is 5.56 Å². The predicted molar refractivity (Wildman–Crippen MR) is 68.7 cm³/mol. The number of anilines is 1. The van der Waals surface area contributed by atoms with Gasteiger partial charge in [0.15, 0.2) is 0 Å². The maximum Gasteiger partial charge on any atom is 0.248 e. The number of amides is 1. The number of hydrogen-bond donors (Lipinski definition) is 2. The van der Waals surface area contributed by atoms with Crippen molar-refractivity contribution in [3.05, 3.63) is 47.1 Å². The molecule has 6 heteroatoms. The van der Waals surface area contributed by atoms with Crippen molar-refractivity contribution >= 4 is 23.2 Å². The summed E-state index contributed by atoms with van der Waals surface area (Å²) in [5.41, 5.74) is 11.6.